The number of hydrogen-bond acceptors (Lipinski definition) is 4. The Morgan fingerprint density at radius 2 is 2.29 bits per heavy atom. The molecule has 3 rings (SSSR count). The fourth-order valence-corrected chi connectivity index (χ4v) is 2.78. The molecule has 21 heavy (non-hydrogen) atoms. The van der Waals surface area contributed by atoms with Gasteiger partial charge >= 0.3 is 0 Å². The van der Waals surface area contributed by atoms with Gasteiger partial charge in [-0.25, -0.2) is 4.98 Å². The second-order valence-corrected chi connectivity index (χ2v) is 5.83. The first-order chi connectivity index (χ1) is 10.3. The summed E-state index contributed by atoms with van der Waals surface area (Å²) in [5.41, 5.74) is 1.20. The zero-order valence-corrected chi connectivity index (χ0v) is 12.6. The van der Waals surface area contributed by atoms with Crippen molar-refractivity contribution in [1.29, 1.82) is 0 Å². The lowest BCUT2D eigenvalue weighted by Crippen LogP contribution is -2.26. The van der Waals surface area contributed by atoms with Crippen LogP contribution in [0.1, 0.15) is 12.0 Å². The molecule has 112 valence electrons. The minimum atomic E-state index is 0.714. The molecule has 0 amide bonds. The van der Waals surface area contributed by atoms with Gasteiger partial charge in [0.15, 0.2) is 0 Å². The van der Waals surface area contributed by atoms with E-state index in [0.717, 1.165) is 25.5 Å². The molecule has 1 aliphatic rings. The zero-order chi connectivity index (χ0) is 14.5. The van der Waals surface area contributed by atoms with Crippen molar-refractivity contribution in [3.05, 3.63) is 42.4 Å². The van der Waals surface area contributed by atoms with Gasteiger partial charge in [0.1, 0.15) is 5.82 Å². The van der Waals surface area contributed by atoms with Gasteiger partial charge in [-0.2, -0.15) is 5.10 Å². The molecule has 5 nitrogen and oxygen atoms in total. The van der Waals surface area contributed by atoms with Crippen molar-refractivity contribution in [3.8, 4) is 0 Å². The van der Waals surface area contributed by atoms with Gasteiger partial charge in [0.25, 0.3) is 0 Å². The molecule has 1 saturated heterocycles. The van der Waals surface area contributed by atoms with Gasteiger partial charge in [-0.1, -0.05) is 6.07 Å². The molecular weight excluding hydrogens is 262 g/mol. The third-order valence-corrected chi connectivity index (χ3v) is 4.06. The summed E-state index contributed by atoms with van der Waals surface area (Å²) in [7, 11) is 0. The van der Waals surface area contributed by atoms with E-state index >= 15 is 0 Å². The number of likely N-dealkylation sites (tertiary alicyclic amines) is 1. The number of hydrogen-bond donors (Lipinski definition) is 1. The molecule has 1 fully saturated rings. The van der Waals surface area contributed by atoms with E-state index in [-0.39, 0.29) is 0 Å². The van der Waals surface area contributed by atoms with Crippen LogP contribution in [0.4, 0.5) is 5.82 Å². The van der Waals surface area contributed by atoms with Crippen LogP contribution < -0.4 is 5.32 Å². The van der Waals surface area contributed by atoms with E-state index in [9.17, 15) is 0 Å². The fourth-order valence-electron chi connectivity index (χ4n) is 2.78. The Hall–Kier alpha value is -1.88. The standard InChI is InChI=1S/C16H23N5/c1-14-3-4-16(17-11-14)18-12-15-5-8-20(13-15)9-10-21-7-2-6-19-21/h2-4,6-7,11,15H,5,8-10,12-13H2,1H3,(H,17,18)/t15-/m1/s1. The smallest absolute Gasteiger partial charge is 0.125 e. The molecular formula is C16H23N5. The summed E-state index contributed by atoms with van der Waals surface area (Å²) in [4.78, 5) is 6.92. The highest BCUT2D eigenvalue weighted by Crippen LogP contribution is 2.16. The van der Waals surface area contributed by atoms with Gasteiger partial charge in [0.2, 0.25) is 0 Å². The number of nitrogens with one attached hydrogen (secondary N) is 1. The van der Waals surface area contributed by atoms with Gasteiger partial charge in [0, 0.05) is 38.2 Å². The molecule has 0 aromatic carbocycles. The van der Waals surface area contributed by atoms with Crippen LogP contribution >= 0.6 is 0 Å². The van der Waals surface area contributed by atoms with Crippen molar-refractivity contribution in [1.82, 2.24) is 19.7 Å². The van der Waals surface area contributed by atoms with E-state index in [0.29, 0.717) is 5.92 Å². The maximum absolute atomic E-state index is 4.39. The van der Waals surface area contributed by atoms with Gasteiger partial charge in [-0.15, -0.1) is 0 Å². The van der Waals surface area contributed by atoms with Crippen LogP contribution in [0.2, 0.25) is 0 Å². The highest BCUT2D eigenvalue weighted by Gasteiger charge is 2.21. The van der Waals surface area contributed by atoms with Crippen LogP contribution in [-0.4, -0.2) is 45.8 Å². The van der Waals surface area contributed by atoms with Crippen molar-refractivity contribution in [2.45, 2.75) is 19.9 Å². The van der Waals surface area contributed by atoms with Crippen LogP contribution in [-0.2, 0) is 6.54 Å². The van der Waals surface area contributed by atoms with Crippen LogP contribution in [0, 0.1) is 12.8 Å². The van der Waals surface area contributed by atoms with Crippen LogP contribution in [0.5, 0.6) is 0 Å². The molecule has 1 aliphatic heterocycles. The van der Waals surface area contributed by atoms with E-state index in [4.69, 9.17) is 0 Å². The Balaban J connectivity index is 1.39. The normalized spacial score (nSPS) is 19.0. The number of rotatable bonds is 6. The Morgan fingerprint density at radius 3 is 3.05 bits per heavy atom. The SMILES string of the molecule is Cc1ccc(NC[C@H]2CCN(CCn3cccn3)C2)nc1. The molecule has 2 aromatic heterocycles. The predicted octanol–water partition coefficient (Wildman–Crippen LogP) is 2.02. The summed E-state index contributed by atoms with van der Waals surface area (Å²) in [6.07, 6.45) is 7.04. The van der Waals surface area contributed by atoms with Gasteiger partial charge in [-0.05, 0) is 43.5 Å². The van der Waals surface area contributed by atoms with Gasteiger partial charge in [0.05, 0.1) is 6.54 Å². The first kappa shape index (κ1) is 14.1. The Morgan fingerprint density at radius 1 is 1.33 bits per heavy atom. The van der Waals surface area contributed by atoms with Gasteiger partial charge < -0.3 is 10.2 Å². The summed E-state index contributed by atoms with van der Waals surface area (Å²) < 4.78 is 2.00. The quantitative estimate of drug-likeness (QED) is 0.882. The molecule has 1 atom stereocenters. The summed E-state index contributed by atoms with van der Waals surface area (Å²) in [5, 5.41) is 7.70. The molecule has 0 saturated carbocycles. The molecule has 0 unspecified atom stereocenters. The average molecular weight is 285 g/mol. The van der Waals surface area contributed by atoms with E-state index in [2.05, 4.69) is 39.4 Å². The van der Waals surface area contributed by atoms with Crippen molar-refractivity contribution in [2.75, 3.05) is 31.5 Å². The average Bonchev–Trinajstić information content (AvgIpc) is 3.16. The molecule has 3 heterocycles. The Labute approximate surface area is 126 Å². The first-order valence-corrected chi connectivity index (χ1v) is 7.66. The molecule has 0 aliphatic carbocycles. The molecule has 0 spiro atoms. The zero-order valence-electron chi connectivity index (χ0n) is 12.6. The molecule has 0 bridgehead atoms. The number of anilines is 1. The van der Waals surface area contributed by atoms with Gasteiger partial charge in [-0.3, -0.25) is 4.68 Å². The third kappa shape index (κ3) is 4.04. The lowest BCUT2D eigenvalue weighted by atomic mass is 10.1. The van der Waals surface area contributed by atoms with E-state index in [1.165, 1.54) is 25.1 Å². The van der Waals surface area contributed by atoms with Crippen molar-refractivity contribution < 1.29 is 0 Å². The summed E-state index contributed by atoms with van der Waals surface area (Å²) >= 11 is 0. The largest absolute Gasteiger partial charge is 0.370 e. The highest BCUT2D eigenvalue weighted by atomic mass is 15.3. The minimum Gasteiger partial charge on any atom is -0.370 e. The monoisotopic (exact) mass is 285 g/mol. The van der Waals surface area contributed by atoms with Crippen LogP contribution in [0.25, 0.3) is 0 Å². The van der Waals surface area contributed by atoms with Crippen LogP contribution in [0.3, 0.4) is 0 Å². The lowest BCUT2D eigenvalue weighted by Gasteiger charge is -2.16. The molecule has 2 aromatic rings. The maximum atomic E-state index is 4.39. The first-order valence-electron chi connectivity index (χ1n) is 7.66. The Bertz CT molecular complexity index is 534. The van der Waals surface area contributed by atoms with Crippen molar-refractivity contribution in [2.24, 2.45) is 5.92 Å². The number of aryl methyl sites for hydroxylation is 1. The fraction of sp³-hybridized carbons (Fsp3) is 0.500. The third-order valence-electron chi connectivity index (χ3n) is 4.06. The summed E-state index contributed by atoms with van der Waals surface area (Å²) in [6, 6.07) is 6.13. The second-order valence-electron chi connectivity index (χ2n) is 5.83. The maximum Gasteiger partial charge on any atom is 0.125 e. The summed E-state index contributed by atoms with van der Waals surface area (Å²) in [5.74, 6) is 1.70. The number of aromatic nitrogens is 3. The van der Waals surface area contributed by atoms with Crippen LogP contribution in [0.15, 0.2) is 36.8 Å². The highest BCUT2D eigenvalue weighted by molar-refractivity contribution is 5.35. The molecule has 0 radical (unpaired) electrons. The van der Waals surface area contributed by atoms with Crippen molar-refractivity contribution >= 4 is 5.82 Å². The topological polar surface area (TPSA) is 46.0 Å². The van der Waals surface area contributed by atoms with E-state index in [1.54, 1.807) is 0 Å². The molecule has 5 heteroatoms. The number of pyridine rings is 1. The van der Waals surface area contributed by atoms with E-state index in [1.807, 2.05) is 29.3 Å². The predicted molar refractivity (Wildman–Crippen MR) is 84.2 cm³/mol. The van der Waals surface area contributed by atoms with Crippen molar-refractivity contribution in [3.63, 3.8) is 0 Å². The minimum absolute atomic E-state index is 0.714. The van der Waals surface area contributed by atoms with E-state index < -0.39 is 0 Å². The summed E-state index contributed by atoms with van der Waals surface area (Å²) in [6.45, 7) is 7.49. The Kier molecular flexibility index (Phi) is 4.50. The lowest BCUT2D eigenvalue weighted by molar-refractivity contribution is 0.305. The number of nitrogens with zero attached hydrogens (tertiary/aromatic N) is 4. The molecule has 1 N–H and O–H groups in total. The second kappa shape index (κ2) is 6.72.